The molecule has 0 bridgehead atoms. The normalized spacial score (nSPS) is 11.2. The summed E-state index contributed by atoms with van der Waals surface area (Å²) in [5, 5.41) is 14.8. The van der Waals surface area contributed by atoms with Gasteiger partial charge < -0.3 is 15.2 Å². The predicted octanol–water partition coefficient (Wildman–Crippen LogP) is 4.35. The van der Waals surface area contributed by atoms with Crippen LogP contribution in [0.3, 0.4) is 0 Å². The molecule has 0 aliphatic carbocycles. The Morgan fingerprint density at radius 2 is 1.65 bits per heavy atom. The molecule has 8 heteroatoms. The number of rotatable bonds is 7. The van der Waals surface area contributed by atoms with Gasteiger partial charge in [0.15, 0.2) is 5.16 Å². The number of carbonyl (C=O) groups is 2. The Hall–Kier alpha value is -3.13. The molecule has 3 rings (SSSR count). The average molecular weight is 438 g/mol. The molecule has 0 aliphatic heterocycles. The average Bonchev–Trinajstić information content (AvgIpc) is 3.06. The van der Waals surface area contributed by atoms with Crippen LogP contribution in [-0.4, -0.2) is 32.3 Å². The minimum atomic E-state index is -0.496. The highest BCUT2D eigenvalue weighted by Crippen LogP contribution is 2.22. The summed E-state index contributed by atoms with van der Waals surface area (Å²) in [5.74, 6) is 0.760. The number of hydrogen-bond donors (Lipinski definition) is 2. The van der Waals surface area contributed by atoms with E-state index < -0.39 is 5.41 Å². The molecule has 7 nitrogen and oxygen atoms in total. The Bertz CT molecular complexity index is 1060. The lowest BCUT2D eigenvalue weighted by Crippen LogP contribution is -2.27. The van der Waals surface area contributed by atoms with Crippen LogP contribution in [0.4, 0.5) is 11.4 Å². The molecule has 0 saturated heterocycles. The second-order valence-electron chi connectivity index (χ2n) is 8.22. The second-order valence-corrected chi connectivity index (χ2v) is 9.17. The Morgan fingerprint density at radius 1 is 0.968 bits per heavy atom. The van der Waals surface area contributed by atoms with Crippen LogP contribution in [-0.2, 0) is 16.1 Å². The smallest absolute Gasteiger partial charge is 0.234 e. The van der Waals surface area contributed by atoms with E-state index in [1.54, 1.807) is 24.3 Å². The van der Waals surface area contributed by atoms with Crippen molar-refractivity contribution in [2.75, 3.05) is 16.4 Å². The third kappa shape index (κ3) is 6.42. The summed E-state index contributed by atoms with van der Waals surface area (Å²) in [4.78, 5) is 24.7. The van der Waals surface area contributed by atoms with E-state index in [2.05, 4.69) is 20.8 Å². The highest BCUT2D eigenvalue weighted by atomic mass is 32.2. The number of anilines is 2. The minimum Gasteiger partial charge on any atom is -0.326 e. The summed E-state index contributed by atoms with van der Waals surface area (Å²) in [5.41, 5.74) is 1.91. The number of hydrogen-bond acceptors (Lipinski definition) is 5. The van der Waals surface area contributed by atoms with Crippen molar-refractivity contribution in [2.24, 2.45) is 5.41 Å². The molecule has 3 aromatic rings. The molecule has 2 aromatic carbocycles. The van der Waals surface area contributed by atoms with Crippen molar-refractivity contribution in [3.63, 3.8) is 0 Å². The number of amides is 2. The maximum Gasteiger partial charge on any atom is 0.234 e. The van der Waals surface area contributed by atoms with Gasteiger partial charge in [-0.2, -0.15) is 0 Å². The van der Waals surface area contributed by atoms with Gasteiger partial charge in [0.05, 0.1) is 12.3 Å². The zero-order chi connectivity index (χ0) is 22.4. The molecule has 0 unspecified atom stereocenters. The summed E-state index contributed by atoms with van der Waals surface area (Å²) in [7, 11) is 0. The molecule has 0 radical (unpaired) electrons. The summed E-state index contributed by atoms with van der Waals surface area (Å²) in [6.45, 7) is 8.10. The van der Waals surface area contributed by atoms with Crippen molar-refractivity contribution in [1.29, 1.82) is 0 Å². The Labute approximate surface area is 186 Å². The van der Waals surface area contributed by atoms with Gasteiger partial charge >= 0.3 is 0 Å². The molecule has 162 valence electrons. The van der Waals surface area contributed by atoms with Crippen molar-refractivity contribution >= 4 is 35.0 Å². The summed E-state index contributed by atoms with van der Waals surface area (Å²) >= 11 is 1.34. The third-order valence-electron chi connectivity index (χ3n) is 4.50. The fraction of sp³-hybridized carbons (Fsp3) is 0.304. The van der Waals surface area contributed by atoms with Crippen molar-refractivity contribution < 1.29 is 9.59 Å². The highest BCUT2D eigenvalue weighted by Gasteiger charge is 2.21. The number of carbonyl (C=O) groups excluding carboxylic acids is 2. The summed E-state index contributed by atoms with van der Waals surface area (Å²) < 4.78 is 2.00. The lowest BCUT2D eigenvalue weighted by Gasteiger charge is -2.18. The minimum absolute atomic E-state index is 0.0837. The molecule has 0 saturated carbocycles. The topological polar surface area (TPSA) is 88.9 Å². The molecule has 2 amide bonds. The number of thioether (sulfide) groups is 1. The first-order valence-corrected chi connectivity index (χ1v) is 11.0. The van der Waals surface area contributed by atoms with Crippen molar-refractivity contribution in [2.45, 2.75) is 39.4 Å². The van der Waals surface area contributed by atoms with Gasteiger partial charge in [0, 0.05) is 16.8 Å². The monoisotopic (exact) mass is 437 g/mol. The molecular weight excluding hydrogens is 410 g/mol. The first-order chi connectivity index (χ1) is 14.7. The quantitative estimate of drug-likeness (QED) is 0.537. The van der Waals surface area contributed by atoms with Crippen LogP contribution in [0.1, 0.15) is 32.2 Å². The van der Waals surface area contributed by atoms with E-state index in [0.29, 0.717) is 23.1 Å². The largest absolute Gasteiger partial charge is 0.326 e. The summed E-state index contributed by atoms with van der Waals surface area (Å²) in [6, 6.07) is 17.2. The zero-order valence-corrected chi connectivity index (χ0v) is 19.0. The van der Waals surface area contributed by atoms with Gasteiger partial charge in [-0.25, -0.2) is 0 Å². The predicted molar refractivity (Wildman–Crippen MR) is 124 cm³/mol. The SMILES string of the molecule is Cc1nnc(SCC(=O)Nc2cccc(NC(=O)C(C)(C)C)c2)n1Cc1ccccc1. The van der Waals surface area contributed by atoms with Gasteiger partial charge in [0.25, 0.3) is 0 Å². The molecule has 1 aromatic heterocycles. The van der Waals surface area contributed by atoms with Gasteiger partial charge in [-0.3, -0.25) is 9.59 Å². The number of aromatic nitrogens is 3. The fourth-order valence-electron chi connectivity index (χ4n) is 2.74. The molecular formula is C23H27N5O2S. The Balaban J connectivity index is 1.59. The highest BCUT2D eigenvalue weighted by molar-refractivity contribution is 7.99. The van der Waals surface area contributed by atoms with Crippen LogP contribution >= 0.6 is 11.8 Å². The number of aryl methyl sites for hydroxylation is 1. The molecule has 0 atom stereocenters. The fourth-order valence-corrected chi connectivity index (χ4v) is 3.52. The van der Waals surface area contributed by atoms with Crippen LogP contribution < -0.4 is 10.6 Å². The van der Waals surface area contributed by atoms with Crippen molar-refractivity contribution in [1.82, 2.24) is 14.8 Å². The van der Waals surface area contributed by atoms with Crippen LogP contribution in [0.2, 0.25) is 0 Å². The number of nitrogens with zero attached hydrogens (tertiary/aromatic N) is 3. The molecule has 0 aliphatic rings. The third-order valence-corrected chi connectivity index (χ3v) is 5.47. The lowest BCUT2D eigenvalue weighted by molar-refractivity contribution is -0.123. The van der Waals surface area contributed by atoms with E-state index in [4.69, 9.17) is 0 Å². The van der Waals surface area contributed by atoms with Gasteiger partial charge in [-0.05, 0) is 30.7 Å². The first kappa shape index (κ1) is 22.6. The van der Waals surface area contributed by atoms with Crippen LogP contribution in [0.15, 0.2) is 59.8 Å². The molecule has 0 spiro atoms. The molecule has 1 heterocycles. The molecule has 0 fully saturated rings. The first-order valence-electron chi connectivity index (χ1n) is 10.0. The van der Waals surface area contributed by atoms with Gasteiger partial charge in [-0.15, -0.1) is 10.2 Å². The number of nitrogens with one attached hydrogen (secondary N) is 2. The Morgan fingerprint density at radius 3 is 2.32 bits per heavy atom. The second kappa shape index (κ2) is 9.78. The molecule has 31 heavy (non-hydrogen) atoms. The zero-order valence-electron chi connectivity index (χ0n) is 18.2. The van der Waals surface area contributed by atoms with E-state index in [1.807, 2.05) is 62.6 Å². The van der Waals surface area contributed by atoms with Crippen LogP contribution in [0.25, 0.3) is 0 Å². The van der Waals surface area contributed by atoms with Gasteiger partial charge in [0.2, 0.25) is 11.8 Å². The van der Waals surface area contributed by atoms with Crippen molar-refractivity contribution in [3.05, 3.63) is 66.0 Å². The lowest BCUT2D eigenvalue weighted by atomic mass is 9.95. The summed E-state index contributed by atoms with van der Waals surface area (Å²) in [6.07, 6.45) is 0. The molecule has 2 N–H and O–H groups in total. The number of benzene rings is 2. The van der Waals surface area contributed by atoms with Gasteiger partial charge in [0.1, 0.15) is 5.82 Å². The van der Waals surface area contributed by atoms with E-state index >= 15 is 0 Å². The Kier molecular flexibility index (Phi) is 7.12. The maximum atomic E-state index is 12.5. The maximum absolute atomic E-state index is 12.5. The van der Waals surface area contributed by atoms with Gasteiger partial charge in [-0.1, -0.05) is 68.9 Å². The van der Waals surface area contributed by atoms with Crippen LogP contribution in [0.5, 0.6) is 0 Å². The van der Waals surface area contributed by atoms with Crippen molar-refractivity contribution in [3.8, 4) is 0 Å². The van der Waals surface area contributed by atoms with Crippen LogP contribution in [0, 0.1) is 12.3 Å². The van der Waals surface area contributed by atoms with E-state index in [-0.39, 0.29) is 17.6 Å². The standard InChI is InChI=1S/C23H27N5O2S/c1-16-26-27-22(28(16)14-17-9-6-5-7-10-17)31-15-20(29)24-18-11-8-12-19(13-18)25-21(30)23(2,3)4/h5-13H,14-15H2,1-4H3,(H,24,29)(H,25,30). The van der Waals surface area contributed by atoms with E-state index in [9.17, 15) is 9.59 Å². The van der Waals surface area contributed by atoms with E-state index in [1.165, 1.54) is 11.8 Å². The van der Waals surface area contributed by atoms with E-state index in [0.717, 1.165) is 11.4 Å².